The van der Waals surface area contributed by atoms with E-state index in [2.05, 4.69) is 5.32 Å². The van der Waals surface area contributed by atoms with Crippen LogP contribution >= 0.6 is 11.6 Å². The molecule has 3 rings (SSSR count). The molecule has 10 nitrogen and oxygen atoms in total. The van der Waals surface area contributed by atoms with E-state index in [9.17, 15) is 23.3 Å². The number of ether oxygens (including phenoxy) is 1. The average molecular weight is 494 g/mol. The molecule has 0 saturated carbocycles. The number of sulfonamides is 1. The minimum Gasteiger partial charge on any atom is -0.495 e. The van der Waals surface area contributed by atoms with E-state index >= 15 is 0 Å². The van der Waals surface area contributed by atoms with Crippen molar-refractivity contribution in [1.29, 1.82) is 0 Å². The van der Waals surface area contributed by atoms with Gasteiger partial charge >= 0.3 is 0 Å². The number of benzene rings is 2. The number of furan rings is 1. The smallest absolute Gasteiger partial charge is 0.273 e. The third-order valence-corrected chi connectivity index (χ3v) is 6.69. The molecule has 1 aromatic heterocycles. The lowest BCUT2D eigenvalue weighted by atomic mass is 10.2. The number of carbonyl (C=O) groups excluding carboxylic acids is 1. The Hall–Kier alpha value is -3.57. The SMILES string of the molecule is COc1ccc(Cl)cc1N(CC(=O)NCc1ccco1)S(=O)(=O)c1ccc(C)c([N+](=O)[O-])c1. The molecule has 3 aromatic rings. The van der Waals surface area contributed by atoms with Gasteiger partial charge < -0.3 is 14.5 Å². The molecule has 1 heterocycles. The van der Waals surface area contributed by atoms with Gasteiger partial charge in [0.15, 0.2) is 0 Å². The van der Waals surface area contributed by atoms with Crippen LogP contribution in [0.4, 0.5) is 11.4 Å². The normalized spacial score (nSPS) is 11.1. The molecule has 0 atom stereocenters. The second kappa shape index (κ2) is 9.92. The summed E-state index contributed by atoms with van der Waals surface area (Å²) in [5.74, 6) is -0.0192. The zero-order valence-electron chi connectivity index (χ0n) is 17.6. The number of carbonyl (C=O) groups is 1. The Labute approximate surface area is 194 Å². The molecule has 0 aliphatic carbocycles. The van der Waals surface area contributed by atoms with E-state index in [1.807, 2.05) is 0 Å². The number of rotatable bonds is 9. The van der Waals surface area contributed by atoms with Crippen LogP contribution in [0.25, 0.3) is 0 Å². The van der Waals surface area contributed by atoms with E-state index in [0.29, 0.717) is 11.3 Å². The predicted octanol–water partition coefficient (Wildman–Crippen LogP) is 3.67. The quantitative estimate of drug-likeness (QED) is 0.355. The first kappa shape index (κ1) is 24.1. The highest BCUT2D eigenvalue weighted by molar-refractivity contribution is 7.92. The molecule has 0 spiro atoms. The van der Waals surface area contributed by atoms with Gasteiger partial charge in [-0.2, -0.15) is 0 Å². The third-order valence-electron chi connectivity index (χ3n) is 4.70. The molecule has 0 radical (unpaired) electrons. The molecule has 2 aromatic carbocycles. The molecule has 0 unspecified atom stereocenters. The number of halogens is 1. The summed E-state index contributed by atoms with van der Waals surface area (Å²) >= 11 is 6.09. The van der Waals surface area contributed by atoms with E-state index in [-0.39, 0.29) is 33.6 Å². The van der Waals surface area contributed by atoms with Crippen molar-refractivity contribution in [2.24, 2.45) is 0 Å². The molecule has 1 amide bonds. The van der Waals surface area contributed by atoms with Crippen molar-refractivity contribution >= 4 is 38.9 Å². The number of nitrogens with zero attached hydrogens (tertiary/aromatic N) is 2. The van der Waals surface area contributed by atoms with Gasteiger partial charge in [-0.25, -0.2) is 8.42 Å². The number of methoxy groups -OCH3 is 1. The first-order valence-corrected chi connectivity index (χ1v) is 11.4. The number of amides is 1. The predicted molar refractivity (Wildman–Crippen MR) is 121 cm³/mol. The fourth-order valence-corrected chi connectivity index (χ4v) is 4.63. The van der Waals surface area contributed by atoms with Gasteiger partial charge in [-0.3, -0.25) is 19.2 Å². The summed E-state index contributed by atoms with van der Waals surface area (Å²) in [6.07, 6.45) is 1.44. The number of anilines is 1. The maximum Gasteiger partial charge on any atom is 0.273 e. The van der Waals surface area contributed by atoms with Gasteiger partial charge in [0, 0.05) is 16.7 Å². The van der Waals surface area contributed by atoms with Crippen LogP contribution < -0.4 is 14.4 Å². The van der Waals surface area contributed by atoms with Crippen molar-refractivity contribution in [1.82, 2.24) is 5.32 Å². The van der Waals surface area contributed by atoms with E-state index < -0.39 is 27.4 Å². The van der Waals surface area contributed by atoms with Crippen LogP contribution in [0.1, 0.15) is 11.3 Å². The van der Waals surface area contributed by atoms with E-state index in [1.54, 1.807) is 12.1 Å². The first-order chi connectivity index (χ1) is 15.6. The lowest BCUT2D eigenvalue weighted by Gasteiger charge is -2.25. The standard InChI is InChI=1S/C21H20ClN3O7S/c1-14-5-7-17(11-18(14)25(27)28)33(29,30)24(19-10-15(22)6-8-20(19)31-2)13-21(26)23-12-16-4-3-9-32-16/h3-11H,12-13H2,1-2H3,(H,23,26). The van der Waals surface area contributed by atoms with Crippen LogP contribution in [-0.4, -0.2) is 32.9 Å². The number of hydrogen-bond donors (Lipinski definition) is 1. The van der Waals surface area contributed by atoms with Crippen LogP contribution in [0.5, 0.6) is 5.75 Å². The average Bonchev–Trinajstić information content (AvgIpc) is 3.29. The lowest BCUT2D eigenvalue weighted by molar-refractivity contribution is -0.385. The maximum atomic E-state index is 13.6. The van der Waals surface area contributed by atoms with Gasteiger partial charge in [-0.15, -0.1) is 0 Å². The summed E-state index contributed by atoms with van der Waals surface area (Å²) in [4.78, 5) is 23.0. The summed E-state index contributed by atoms with van der Waals surface area (Å²) in [6.45, 7) is 0.901. The van der Waals surface area contributed by atoms with Crippen molar-refractivity contribution in [3.63, 3.8) is 0 Å². The molecular formula is C21H20ClN3O7S. The van der Waals surface area contributed by atoms with Crippen molar-refractivity contribution in [2.45, 2.75) is 18.4 Å². The monoisotopic (exact) mass is 493 g/mol. The second-order valence-corrected chi connectivity index (χ2v) is 9.19. The number of nitrogens with one attached hydrogen (secondary N) is 1. The molecule has 33 heavy (non-hydrogen) atoms. The molecular weight excluding hydrogens is 474 g/mol. The molecule has 1 N–H and O–H groups in total. The summed E-state index contributed by atoms with van der Waals surface area (Å²) in [7, 11) is -3.10. The Morgan fingerprint density at radius 1 is 1.24 bits per heavy atom. The van der Waals surface area contributed by atoms with Gasteiger partial charge in [0.05, 0.1) is 35.4 Å². The van der Waals surface area contributed by atoms with Crippen LogP contribution in [0.3, 0.4) is 0 Å². The van der Waals surface area contributed by atoms with Crippen molar-refractivity contribution < 1.29 is 27.3 Å². The van der Waals surface area contributed by atoms with Gasteiger partial charge in [0.25, 0.3) is 15.7 Å². The van der Waals surface area contributed by atoms with E-state index in [4.69, 9.17) is 20.8 Å². The Bertz CT molecular complexity index is 1280. The van der Waals surface area contributed by atoms with Gasteiger partial charge in [-0.1, -0.05) is 17.7 Å². The second-order valence-electron chi connectivity index (χ2n) is 6.89. The maximum absolute atomic E-state index is 13.6. The van der Waals surface area contributed by atoms with Gasteiger partial charge in [0.2, 0.25) is 5.91 Å². The number of hydrogen-bond acceptors (Lipinski definition) is 7. The first-order valence-electron chi connectivity index (χ1n) is 9.54. The van der Waals surface area contributed by atoms with E-state index in [1.165, 1.54) is 50.6 Å². The zero-order valence-corrected chi connectivity index (χ0v) is 19.2. The number of aryl methyl sites for hydroxylation is 1. The van der Waals surface area contributed by atoms with Crippen molar-refractivity contribution in [3.05, 3.63) is 81.3 Å². The molecule has 0 fully saturated rings. The fourth-order valence-electron chi connectivity index (χ4n) is 3.02. The Balaban J connectivity index is 2.04. The Kier molecular flexibility index (Phi) is 7.24. The highest BCUT2D eigenvalue weighted by Gasteiger charge is 2.31. The molecule has 0 bridgehead atoms. The summed E-state index contributed by atoms with van der Waals surface area (Å²) in [5.41, 5.74) is -0.0697. The molecule has 174 valence electrons. The fraction of sp³-hybridized carbons (Fsp3) is 0.190. The van der Waals surface area contributed by atoms with Crippen LogP contribution in [0, 0.1) is 17.0 Å². The summed E-state index contributed by atoms with van der Waals surface area (Å²) in [6, 6.07) is 11.1. The molecule has 0 aliphatic rings. The molecule has 0 aliphatic heterocycles. The number of nitro benzene ring substituents is 1. The van der Waals surface area contributed by atoms with Crippen molar-refractivity contribution in [3.8, 4) is 5.75 Å². The topological polar surface area (TPSA) is 132 Å². The van der Waals surface area contributed by atoms with Gasteiger partial charge in [-0.05, 0) is 43.3 Å². The number of nitro groups is 1. The Morgan fingerprint density at radius 3 is 2.64 bits per heavy atom. The van der Waals surface area contributed by atoms with Crippen LogP contribution in [-0.2, 0) is 21.4 Å². The minimum atomic E-state index is -4.44. The summed E-state index contributed by atoms with van der Waals surface area (Å²) < 4.78 is 38.4. The lowest BCUT2D eigenvalue weighted by Crippen LogP contribution is -2.40. The third kappa shape index (κ3) is 5.44. The van der Waals surface area contributed by atoms with E-state index in [0.717, 1.165) is 10.4 Å². The van der Waals surface area contributed by atoms with Gasteiger partial charge in [0.1, 0.15) is 18.1 Å². The molecule has 12 heteroatoms. The largest absolute Gasteiger partial charge is 0.495 e. The Morgan fingerprint density at radius 2 is 2.00 bits per heavy atom. The minimum absolute atomic E-state index is 0.00127. The van der Waals surface area contributed by atoms with Crippen molar-refractivity contribution in [2.75, 3.05) is 18.0 Å². The molecule has 0 saturated heterocycles. The zero-order chi connectivity index (χ0) is 24.2. The highest BCUT2D eigenvalue weighted by atomic mass is 35.5. The summed E-state index contributed by atoms with van der Waals surface area (Å²) in [5, 5.41) is 14.1. The highest BCUT2D eigenvalue weighted by Crippen LogP contribution is 2.35. The van der Waals surface area contributed by atoms with Crippen LogP contribution in [0.2, 0.25) is 5.02 Å². The van der Waals surface area contributed by atoms with Crippen LogP contribution in [0.15, 0.2) is 64.1 Å².